The standard InChI is InChI=1S/C25H29N5O/c1-16-8-6-7-9-21(16)12-13-26-22(31)15-29-24-23(17(2)14-18(3)27-24)25(28-29)30-19(4)10-11-20(30)5/h6-11,14H,12-13,15H2,1-5H3,(H,26,31). The van der Waals surface area contributed by atoms with E-state index in [0.717, 1.165) is 45.9 Å². The lowest BCUT2D eigenvalue weighted by Crippen LogP contribution is -2.30. The number of aromatic nitrogens is 4. The highest BCUT2D eigenvalue weighted by Crippen LogP contribution is 2.27. The van der Waals surface area contributed by atoms with Crippen LogP contribution < -0.4 is 5.32 Å². The van der Waals surface area contributed by atoms with Crippen LogP contribution in [0.4, 0.5) is 0 Å². The molecule has 0 spiro atoms. The first-order valence-electron chi connectivity index (χ1n) is 10.7. The Morgan fingerprint density at radius 2 is 1.68 bits per heavy atom. The SMILES string of the molecule is Cc1cc(C)c2c(-n3c(C)ccc3C)nn(CC(=O)NCCc3ccccc3C)c2n1. The van der Waals surface area contributed by atoms with Gasteiger partial charge in [0, 0.05) is 23.6 Å². The van der Waals surface area contributed by atoms with Gasteiger partial charge < -0.3 is 9.88 Å². The number of pyridine rings is 1. The highest BCUT2D eigenvalue weighted by molar-refractivity contribution is 5.88. The van der Waals surface area contributed by atoms with Crippen LogP contribution in [0.3, 0.4) is 0 Å². The number of rotatable bonds is 6. The van der Waals surface area contributed by atoms with E-state index in [1.54, 1.807) is 4.68 Å². The number of amides is 1. The molecule has 6 nitrogen and oxygen atoms in total. The van der Waals surface area contributed by atoms with Crippen LogP contribution in [0.1, 0.15) is 33.8 Å². The first-order chi connectivity index (χ1) is 14.8. The summed E-state index contributed by atoms with van der Waals surface area (Å²) in [6.45, 7) is 11.0. The summed E-state index contributed by atoms with van der Waals surface area (Å²) >= 11 is 0. The molecule has 0 radical (unpaired) electrons. The number of hydrogen-bond donors (Lipinski definition) is 1. The van der Waals surface area contributed by atoms with Crippen molar-refractivity contribution in [3.63, 3.8) is 0 Å². The number of hydrogen-bond acceptors (Lipinski definition) is 3. The number of nitrogens with zero attached hydrogens (tertiary/aromatic N) is 4. The van der Waals surface area contributed by atoms with Crippen LogP contribution in [-0.2, 0) is 17.8 Å². The fourth-order valence-electron chi connectivity index (χ4n) is 4.18. The number of benzene rings is 1. The van der Waals surface area contributed by atoms with Crippen molar-refractivity contribution in [2.45, 2.75) is 47.6 Å². The van der Waals surface area contributed by atoms with Crippen molar-refractivity contribution in [2.24, 2.45) is 0 Å². The molecule has 1 amide bonds. The minimum atomic E-state index is -0.0635. The van der Waals surface area contributed by atoms with Gasteiger partial charge in [-0.3, -0.25) is 4.79 Å². The normalized spacial score (nSPS) is 11.3. The Labute approximate surface area is 182 Å². The van der Waals surface area contributed by atoms with Crippen molar-refractivity contribution in [2.75, 3.05) is 6.54 Å². The van der Waals surface area contributed by atoms with Gasteiger partial charge in [0.1, 0.15) is 6.54 Å². The molecule has 0 atom stereocenters. The van der Waals surface area contributed by atoms with E-state index >= 15 is 0 Å². The fraction of sp³-hybridized carbons (Fsp3) is 0.320. The first-order valence-corrected chi connectivity index (χ1v) is 10.7. The minimum absolute atomic E-state index is 0.0635. The van der Waals surface area contributed by atoms with Crippen LogP contribution in [-0.4, -0.2) is 31.8 Å². The molecule has 0 aliphatic carbocycles. The Bertz CT molecular complexity index is 1250. The van der Waals surface area contributed by atoms with Gasteiger partial charge >= 0.3 is 0 Å². The fourth-order valence-corrected chi connectivity index (χ4v) is 4.18. The van der Waals surface area contributed by atoms with Gasteiger partial charge in [-0.05, 0) is 75.9 Å². The number of carbonyl (C=O) groups is 1. The van der Waals surface area contributed by atoms with Gasteiger partial charge in [0.2, 0.25) is 5.91 Å². The summed E-state index contributed by atoms with van der Waals surface area (Å²) in [5, 5.41) is 8.85. The number of aryl methyl sites for hydroxylation is 5. The predicted octanol–water partition coefficient (Wildman–Crippen LogP) is 4.12. The largest absolute Gasteiger partial charge is 0.354 e. The highest BCUT2D eigenvalue weighted by Gasteiger charge is 2.19. The maximum absolute atomic E-state index is 12.7. The zero-order chi connectivity index (χ0) is 22.1. The molecule has 0 fully saturated rings. The average molecular weight is 416 g/mol. The lowest BCUT2D eigenvalue weighted by atomic mass is 10.1. The van der Waals surface area contributed by atoms with Crippen LogP contribution >= 0.6 is 0 Å². The van der Waals surface area contributed by atoms with E-state index in [2.05, 4.69) is 67.9 Å². The van der Waals surface area contributed by atoms with E-state index in [1.165, 1.54) is 11.1 Å². The van der Waals surface area contributed by atoms with Gasteiger partial charge in [-0.15, -0.1) is 0 Å². The lowest BCUT2D eigenvalue weighted by Gasteiger charge is -2.08. The third-order valence-electron chi connectivity index (χ3n) is 5.76. The third kappa shape index (κ3) is 4.10. The summed E-state index contributed by atoms with van der Waals surface area (Å²) in [5.41, 5.74) is 7.47. The molecule has 4 rings (SSSR count). The van der Waals surface area contributed by atoms with Crippen molar-refractivity contribution >= 4 is 16.9 Å². The second-order valence-electron chi connectivity index (χ2n) is 8.24. The molecular weight excluding hydrogens is 386 g/mol. The van der Waals surface area contributed by atoms with E-state index in [0.29, 0.717) is 6.54 Å². The Kier molecular flexibility index (Phi) is 5.63. The topological polar surface area (TPSA) is 64.7 Å². The molecule has 3 aromatic heterocycles. The number of carbonyl (C=O) groups excluding carboxylic acids is 1. The second kappa shape index (κ2) is 8.38. The molecule has 0 bridgehead atoms. The molecule has 6 heteroatoms. The van der Waals surface area contributed by atoms with Crippen molar-refractivity contribution in [3.8, 4) is 5.82 Å². The van der Waals surface area contributed by atoms with Gasteiger partial charge in [-0.1, -0.05) is 24.3 Å². The molecule has 0 saturated carbocycles. The average Bonchev–Trinajstić information content (AvgIpc) is 3.22. The van der Waals surface area contributed by atoms with E-state index in [-0.39, 0.29) is 12.5 Å². The zero-order valence-corrected chi connectivity index (χ0v) is 18.9. The molecule has 160 valence electrons. The summed E-state index contributed by atoms with van der Waals surface area (Å²) < 4.78 is 3.85. The Hall–Kier alpha value is -3.41. The summed E-state index contributed by atoms with van der Waals surface area (Å²) in [4.78, 5) is 17.5. The maximum atomic E-state index is 12.7. The Morgan fingerprint density at radius 1 is 0.968 bits per heavy atom. The van der Waals surface area contributed by atoms with Gasteiger partial charge in [0.25, 0.3) is 0 Å². The Balaban J connectivity index is 1.60. The van der Waals surface area contributed by atoms with Crippen LogP contribution in [0.15, 0.2) is 42.5 Å². The molecule has 31 heavy (non-hydrogen) atoms. The van der Waals surface area contributed by atoms with Crippen molar-refractivity contribution in [1.29, 1.82) is 0 Å². The molecule has 0 aliphatic rings. The summed E-state index contributed by atoms with van der Waals surface area (Å²) in [7, 11) is 0. The Morgan fingerprint density at radius 3 is 2.39 bits per heavy atom. The van der Waals surface area contributed by atoms with Crippen molar-refractivity contribution in [1.82, 2.24) is 24.6 Å². The van der Waals surface area contributed by atoms with Crippen LogP contribution in [0.2, 0.25) is 0 Å². The lowest BCUT2D eigenvalue weighted by molar-refractivity contribution is -0.121. The van der Waals surface area contributed by atoms with E-state index in [9.17, 15) is 4.79 Å². The first kappa shape index (κ1) is 20.8. The molecule has 0 unspecified atom stereocenters. The van der Waals surface area contributed by atoms with E-state index < -0.39 is 0 Å². The van der Waals surface area contributed by atoms with Gasteiger partial charge in [-0.2, -0.15) is 5.10 Å². The number of fused-ring (bicyclic) bond motifs is 1. The maximum Gasteiger partial charge on any atom is 0.241 e. The molecule has 4 aromatic rings. The monoisotopic (exact) mass is 415 g/mol. The summed E-state index contributed by atoms with van der Waals surface area (Å²) in [6, 6.07) is 14.5. The summed E-state index contributed by atoms with van der Waals surface area (Å²) in [6.07, 6.45) is 0.807. The number of nitrogens with one attached hydrogen (secondary N) is 1. The molecule has 3 heterocycles. The highest BCUT2D eigenvalue weighted by atomic mass is 16.2. The molecule has 0 aliphatic heterocycles. The van der Waals surface area contributed by atoms with Gasteiger partial charge in [0.15, 0.2) is 11.5 Å². The second-order valence-corrected chi connectivity index (χ2v) is 8.24. The molecule has 0 saturated heterocycles. The van der Waals surface area contributed by atoms with Crippen LogP contribution in [0, 0.1) is 34.6 Å². The quantitative estimate of drug-likeness (QED) is 0.515. The predicted molar refractivity (Wildman–Crippen MR) is 124 cm³/mol. The van der Waals surface area contributed by atoms with Crippen LogP contribution in [0.25, 0.3) is 16.9 Å². The summed E-state index contributed by atoms with van der Waals surface area (Å²) in [5.74, 6) is 0.763. The van der Waals surface area contributed by atoms with E-state index in [4.69, 9.17) is 10.1 Å². The molecule has 1 N–H and O–H groups in total. The van der Waals surface area contributed by atoms with Crippen molar-refractivity contribution in [3.05, 3.63) is 76.2 Å². The zero-order valence-electron chi connectivity index (χ0n) is 18.9. The third-order valence-corrected chi connectivity index (χ3v) is 5.76. The van der Waals surface area contributed by atoms with Gasteiger partial charge in [0.05, 0.1) is 5.39 Å². The van der Waals surface area contributed by atoms with E-state index in [1.807, 2.05) is 19.1 Å². The molecule has 1 aromatic carbocycles. The van der Waals surface area contributed by atoms with Gasteiger partial charge in [-0.25, -0.2) is 9.67 Å². The van der Waals surface area contributed by atoms with Crippen LogP contribution in [0.5, 0.6) is 0 Å². The molecular formula is C25H29N5O. The smallest absolute Gasteiger partial charge is 0.241 e. The minimum Gasteiger partial charge on any atom is -0.354 e. The van der Waals surface area contributed by atoms with Crippen molar-refractivity contribution < 1.29 is 4.79 Å².